The van der Waals surface area contributed by atoms with E-state index in [1.165, 1.54) is 24.0 Å². The number of nitrogens with one attached hydrogen (secondary N) is 1. The molecule has 2 aliphatic rings. The van der Waals surface area contributed by atoms with Gasteiger partial charge in [0.15, 0.2) is 5.82 Å². The maximum Gasteiger partial charge on any atom is 0.407 e. The monoisotopic (exact) mass is 464 g/mol. The molecule has 0 spiro atoms. The van der Waals surface area contributed by atoms with Crippen LogP contribution in [-0.4, -0.2) is 40.8 Å². The number of ether oxygens (including phenoxy) is 1. The van der Waals surface area contributed by atoms with E-state index in [0.29, 0.717) is 0 Å². The van der Waals surface area contributed by atoms with Crippen molar-refractivity contribution in [3.63, 3.8) is 0 Å². The van der Waals surface area contributed by atoms with Gasteiger partial charge in [-0.15, -0.1) is 0 Å². The molecule has 0 atom stereocenters. The molecule has 6 heteroatoms. The van der Waals surface area contributed by atoms with E-state index in [1.807, 2.05) is 33.0 Å². The Labute approximate surface area is 204 Å². The number of rotatable bonds is 3. The highest BCUT2D eigenvalue weighted by Crippen LogP contribution is 2.46. The number of fused-ring (bicyclic) bond motifs is 1. The number of piperidine rings is 1. The number of alkyl carbamates (subject to hydrolysis) is 1. The molecule has 0 unspecified atom stereocenters. The number of aromatic nitrogens is 2. The molecule has 0 bridgehead atoms. The van der Waals surface area contributed by atoms with E-state index < -0.39 is 5.60 Å². The van der Waals surface area contributed by atoms with Crippen LogP contribution in [0.4, 0.5) is 10.6 Å². The zero-order valence-corrected chi connectivity index (χ0v) is 21.9. The van der Waals surface area contributed by atoms with E-state index in [0.717, 1.165) is 43.1 Å². The molecule has 1 aromatic carbocycles. The molecule has 2 heterocycles. The lowest BCUT2D eigenvalue weighted by molar-refractivity contribution is 0.0497. The van der Waals surface area contributed by atoms with Gasteiger partial charge in [0, 0.05) is 30.9 Å². The first-order valence-electron chi connectivity index (χ1n) is 12.6. The summed E-state index contributed by atoms with van der Waals surface area (Å²) in [6, 6.07) is 8.88. The fraction of sp³-hybridized carbons (Fsp3) is 0.607. The van der Waals surface area contributed by atoms with Gasteiger partial charge in [-0.25, -0.2) is 14.8 Å². The average Bonchev–Trinajstić information content (AvgIpc) is 2.76. The van der Waals surface area contributed by atoms with Gasteiger partial charge in [-0.3, -0.25) is 0 Å². The Hall–Kier alpha value is -2.63. The van der Waals surface area contributed by atoms with Gasteiger partial charge < -0.3 is 15.0 Å². The van der Waals surface area contributed by atoms with E-state index in [2.05, 4.69) is 61.1 Å². The number of anilines is 1. The zero-order valence-electron chi connectivity index (χ0n) is 21.9. The Morgan fingerprint density at radius 2 is 1.68 bits per heavy atom. The fourth-order valence-corrected chi connectivity index (χ4v) is 5.12. The van der Waals surface area contributed by atoms with Crippen LogP contribution < -0.4 is 10.2 Å². The highest BCUT2D eigenvalue weighted by atomic mass is 16.6. The van der Waals surface area contributed by atoms with Crippen LogP contribution in [0.5, 0.6) is 0 Å². The molecule has 0 saturated carbocycles. The number of amides is 1. The number of hydrogen-bond donors (Lipinski definition) is 1. The molecule has 1 saturated heterocycles. The van der Waals surface area contributed by atoms with Crippen LogP contribution in [0.2, 0.25) is 0 Å². The minimum absolute atomic E-state index is 0.124. The minimum atomic E-state index is -0.482. The van der Waals surface area contributed by atoms with Gasteiger partial charge in [-0.2, -0.15) is 0 Å². The third kappa shape index (κ3) is 5.37. The third-order valence-corrected chi connectivity index (χ3v) is 7.29. The van der Waals surface area contributed by atoms with E-state index in [-0.39, 0.29) is 23.0 Å². The first-order chi connectivity index (χ1) is 15.8. The fourth-order valence-electron chi connectivity index (χ4n) is 5.12. The lowest BCUT2D eigenvalue weighted by Crippen LogP contribution is -2.46. The van der Waals surface area contributed by atoms with Crippen LogP contribution in [0.25, 0.3) is 11.4 Å². The van der Waals surface area contributed by atoms with Crippen LogP contribution in [0.3, 0.4) is 0 Å². The molecule has 1 N–H and O–H groups in total. The molecule has 1 aliphatic heterocycles. The van der Waals surface area contributed by atoms with Crippen molar-refractivity contribution in [2.75, 3.05) is 18.0 Å². The molecule has 2 aromatic rings. The highest BCUT2D eigenvalue weighted by Gasteiger charge is 2.37. The van der Waals surface area contributed by atoms with E-state index in [1.54, 1.807) is 0 Å². The standard InChI is InChI=1S/C28H40N4O2/c1-26(2,3)34-25(33)30-20-11-16-32(17-12-20)23-10-15-29-24(31-23)19-8-9-21-22(18-19)28(6,7)14-13-27(21,4)5/h8-10,15,18,20H,11-14,16-17H2,1-7H3,(H,30,33). The number of carbonyl (C=O) groups excluding carboxylic acids is 1. The van der Waals surface area contributed by atoms with Crippen LogP contribution in [0, 0.1) is 0 Å². The Balaban J connectivity index is 1.47. The topological polar surface area (TPSA) is 67.3 Å². The van der Waals surface area contributed by atoms with Crippen molar-refractivity contribution in [1.29, 1.82) is 0 Å². The highest BCUT2D eigenvalue weighted by molar-refractivity contribution is 5.68. The molecule has 34 heavy (non-hydrogen) atoms. The van der Waals surface area contributed by atoms with Gasteiger partial charge in [0.1, 0.15) is 11.4 Å². The van der Waals surface area contributed by atoms with Crippen molar-refractivity contribution in [2.24, 2.45) is 0 Å². The Kier molecular flexibility index (Phi) is 6.38. The minimum Gasteiger partial charge on any atom is -0.444 e. The molecule has 1 aromatic heterocycles. The van der Waals surface area contributed by atoms with Gasteiger partial charge in [0.05, 0.1) is 0 Å². The largest absolute Gasteiger partial charge is 0.444 e. The average molecular weight is 465 g/mol. The van der Waals surface area contributed by atoms with Gasteiger partial charge in [-0.05, 0) is 80.5 Å². The third-order valence-electron chi connectivity index (χ3n) is 7.29. The maximum atomic E-state index is 12.1. The van der Waals surface area contributed by atoms with Crippen LogP contribution >= 0.6 is 0 Å². The molecule has 1 aliphatic carbocycles. The second-order valence-electron chi connectivity index (χ2n) is 12.2. The summed E-state index contributed by atoms with van der Waals surface area (Å²) in [7, 11) is 0. The zero-order chi connectivity index (χ0) is 24.7. The summed E-state index contributed by atoms with van der Waals surface area (Å²) in [6.45, 7) is 16.7. The Morgan fingerprint density at radius 3 is 2.32 bits per heavy atom. The summed E-state index contributed by atoms with van der Waals surface area (Å²) in [6.07, 6.45) is 5.63. The lowest BCUT2D eigenvalue weighted by Gasteiger charge is -2.42. The van der Waals surface area contributed by atoms with Crippen LogP contribution in [0.1, 0.15) is 85.3 Å². The maximum absolute atomic E-state index is 12.1. The molecular formula is C28H40N4O2. The molecular weight excluding hydrogens is 424 g/mol. The number of nitrogens with zero attached hydrogens (tertiary/aromatic N) is 3. The summed E-state index contributed by atoms with van der Waals surface area (Å²) < 4.78 is 5.40. The number of benzene rings is 1. The quantitative estimate of drug-likeness (QED) is 0.605. The molecule has 6 nitrogen and oxygen atoms in total. The molecule has 1 amide bonds. The summed E-state index contributed by atoms with van der Waals surface area (Å²) in [5, 5.41) is 3.01. The van der Waals surface area contributed by atoms with Gasteiger partial charge in [0.2, 0.25) is 0 Å². The molecule has 184 valence electrons. The van der Waals surface area contributed by atoms with Crippen molar-refractivity contribution in [2.45, 2.75) is 96.6 Å². The van der Waals surface area contributed by atoms with Crippen molar-refractivity contribution < 1.29 is 9.53 Å². The van der Waals surface area contributed by atoms with Crippen LogP contribution in [0.15, 0.2) is 30.5 Å². The lowest BCUT2D eigenvalue weighted by atomic mass is 9.63. The van der Waals surface area contributed by atoms with Crippen molar-refractivity contribution in [1.82, 2.24) is 15.3 Å². The second kappa shape index (κ2) is 8.86. The summed E-state index contributed by atoms with van der Waals surface area (Å²) in [5.74, 6) is 1.71. The van der Waals surface area contributed by atoms with Crippen molar-refractivity contribution >= 4 is 11.9 Å². The van der Waals surface area contributed by atoms with Crippen molar-refractivity contribution in [3.8, 4) is 11.4 Å². The summed E-state index contributed by atoms with van der Waals surface area (Å²) in [4.78, 5) is 23.9. The molecule has 1 fully saturated rings. The second-order valence-corrected chi connectivity index (χ2v) is 12.2. The molecule has 4 rings (SSSR count). The first-order valence-corrected chi connectivity index (χ1v) is 12.6. The van der Waals surface area contributed by atoms with Gasteiger partial charge in [-0.1, -0.05) is 39.8 Å². The SMILES string of the molecule is CC(C)(C)OC(=O)NC1CCN(c2ccnc(-c3ccc4c(c3)C(C)(C)CCC4(C)C)n2)CC1. The van der Waals surface area contributed by atoms with Crippen molar-refractivity contribution in [3.05, 3.63) is 41.6 Å². The number of hydrogen-bond acceptors (Lipinski definition) is 5. The predicted octanol–water partition coefficient (Wildman–Crippen LogP) is 5.99. The van der Waals surface area contributed by atoms with Gasteiger partial charge in [0.25, 0.3) is 0 Å². The smallest absolute Gasteiger partial charge is 0.407 e. The predicted molar refractivity (Wildman–Crippen MR) is 137 cm³/mol. The molecule has 0 radical (unpaired) electrons. The summed E-state index contributed by atoms with van der Waals surface area (Å²) >= 11 is 0. The first kappa shape index (κ1) is 24.5. The van der Waals surface area contributed by atoms with E-state index >= 15 is 0 Å². The van der Waals surface area contributed by atoms with E-state index in [4.69, 9.17) is 9.72 Å². The Morgan fingerprint density at radius 1 is 1.03 bits per heavy atom. The Bertz CT molecular complexity index is 1050. The van der Waals surface area contributed by atoms with Gasteiger partial charge >= 0.3 is 6.09 Å². The van der Waals surface area contributed by atoms with Crippen LogP contribution in [-0.2, 0) is 15.6 Å². The number of carbonyl (C=O) groups is 1. The normalized spacial score (nSPS) is 19.9. The summed E-state index contributed by atoms with van der Waals surface area (Å²) in [5.41, 5.74) is 3.81. The van der Waals surface area contributed by atoms with E-state index in [9.17, 15) is 4.79 Å².